The van der Waals surface area contributed by atoms with Crippen LogP contribution in [0.2, 0.25) is 0 Å². The first-order chi connectivity index (χ1) is 10.3. The van der Waals surface area contributed by atoms with Gasteiger partial charge in [-0.2, -0.15) is 9.97 Å². The number of aliphatic hydroxyl groups excluding tert-OH is 1. The molecule has 1 fully saturated rings. The van der Waals surface area contributed by atoms with Crippen molar-refractivity contribution in [2.75, 3.05) is 25.6 Å². The topological polar surface area (TPSA) is 94.3 Å². The molecule has 8 heteroatoms. The highest BCUT2D eigenvalue weighted by atomic mass is 16.5. The van der Waals surface area contributed by atoms with E-state index in [9.17, 15) is 5.11 Å². The third-order valence-corrected chi connectivity index (χ3v) is 3.49. The SMILES string of the molecule is CCOc1nc(NC)nc2c1ncn2C1CCC(CO)O1. The molecule has 114 valence electrons. The van der Waals surface area contributed by atoms with Gasteiger partial charge < -0.3 is 19.9 Å². The van der Waals surface area contributed by atoms with Crippen LogP contribution >= 0.6 is 0 Å². The van der Waals surface area contributed by atoms with Crippen LogP contribution in [-0.2, 0) is 4.74 Å². The molecule has 3 rings (SSSR count). The lowest BCUT2D eigenvalue weighted by Crippen LogP contribution is -2.14. The van der Waals surface area contributed by atoms with Crippen molar-refractivity contribution in [1.82, 2.24) is 19.5 Å². The average molecular weight is 293 g/mol. The molecular weight excluding hydrogens is 274 g/mol. The van der Waals surface area contributed by atoms with Crippen LogP contribution in [-0.4, -0.2) is 51.0 Å². The highest BCUT2D eigenvalue weighted by Crippen LogP contribution is 2.32. The number of nitrogens with one attached hydrogen (secondary N) is 1. The highest BCUT2D eigenvalue weighted by Gasteiger charge is 2.28. The molecule has 0 aromatic carbocycles. The Labute approximate surface area is 122 Å². The third-order valence-electron chi connectivity index (χ3n) is 3.49. The predicted molar refractivity (Wildman–Crippen MR) is 76.3 cm³/mol. The van der Waals surface area contributed by atoms with Crippen molar-refractivity contribution in [2.24, 2.45) is 0 Å². The van der Waals surface area contributed by atoms with Crippen LogP contribution < -0.4 is 10.1 Å². The van der Waals surface area contributed by atoms with E-state index in [1.165, 1.54) is 0 Å². The number of hydrogen-bond donors (Lipinski definition) is 2. The molecule has 2 N–H and O–H groups in total. The predicted octanol–water partition coefficient (Wildman–Crippen LogP) is 0.937. The van der Waals surface area contributed by atoms with E-state index in [0.29, 0.717) is 29.6 Å². The third kappa shape index (κ3) is 2.52. The zero-order valence-electron chi connectivity index (χ0n) is 12.1. The number of fused-ring (bicyclic) bond motifs is 1. The summed E-state index contributed by atoms with van der Waals surface area (Å²) in [6.45, 7) is 2.44. The monoisotopic (exact) mass is 293 g/mol. The van der Waals surface area contributed by atoms with E-state index in [4.69, 9.17) is 9.47 Å². The lowest BCUT2D eigenvalue weighted by molar-refractivity contribution is -0.0207. The summed E-state index contributed by atoms with van der Waals surface area (Å²) in [4.78, 5) is 13.1. The Morgan fingerprint density at radius 2 is 2.33 bits per heavy atom. The fourth-order valence-electron chi connectivity index (χ4n) is 2.48. The number of aromatic nitrogens is 4. The number of imidazole rings is 1. The number of rotatable bonds is 5. The molecule has 0 radical (unpaired) electrons. The molecule has 2 atom stereocenters. The Hall–Kier alpha value is -1.93. The van der Waals surface area contributed by atoms with Gasteiger partial charge >= 0.3 is 0 Å². The molecule has 1 aliphatic heterocycles. The second kappa shape index (κ2) is 5.82. The molecule has 8 nitrogen and oxygen atoms in total. The second-order valence-corrected chi connectivity index (χ2v) is 4.83. The number of nitrogens with zero attached hydrogens (tertiary/aromatic N) is 4. The number of hydrogen-bond acceptors (Lipinski definition) is 7. The van der Waals surface area contributed by atoms with Gasteiger partial charge in [0.1, 0.15) is 6.23 Å². The van der Waals surface area contributed by atoms with Crippen LogP contribution in [0.1, 0.15) is 26.0 Å². The van der Waals surface area contributed by atoms with E-state index in [1.54, 1.807) is 13.4 Å². The molecule has 3 heterocycles. The summed E-state index contributed by atoms with van der Waals surface area (Å²) in [5.74, 6) is 0.937. The maximum Gasteiger partial charge on any atom is 0.247 e. The molecule has 0 amide bonds. The molecule has 21 heavy (non-hydrogen) atoms. The maximum atomic E-state index is 9.19. The van der Waals surface area contributed by atoms with Crippen molar-refractivity contribution < 1.29 is 14.6 Å². The van der Waals surface area contributed by atoms with Crippen molar-refractivity contribution in [3.05, 3.63) is 6.33 Å². The summed E-state index contributed by atoms with van der Waals surface area (Å²) in [6.07, 6.45) is 3.04. The van der Waals surface area contributed by atoms with Gasteiger partial charge in [0.25, 0.3) is 0 Å². The Bertz CT molecular complexity index is 630. The van der Waals surface area contributed by atoms with Gasteiger partial charge in [-0.25, -0.2) is 4.98 Å². The van der Waals surface area contributed by atoms with E-state index in [2.05, 4.69) is 20.3 Å². The second-order valence-electron chi connectivity index (χ2n) is 4.83. The average Bonchev–Trinajstić information content (AvgIpc) is 3.13. The minimum atomic E-state index is -0.166. The van der Waals surface area contributed by atoms with Gasteiger partial charge in [0, 0.05) is 7.05 Å². The van der Waals surface area contributed by atoms with Gasteiger partial charge in [-0.05, 0) is 19.8 Å². The van der Waals surface area contributed by atoms with Crippen molar-refractivity contribution in [3.63, 3.8) is 0 Å². The van der Waals surface area contributed by atoms with Crippen LogP contribution in [0.4, 0.5) is 5.95 Å². The molecule has 2 aromatic rings. The van der Waals surface area contributed by atoms with Crippen LogP contribution in [0, 0.1) is 0 Å². The first-order valence-corrected chi connectivity index (χ1v) is 7.08. The van der Waals surface area contributed by atoms with Crippen molar-refractivity contribution >= 4 is 17.1 Å². The minimum absolute atomic E-state index is 0.0318. The zero-order chi connectivity index (χ0) is 14.8. The molecule has 2 unspecified atom stereocenters. The standard InChI is InChI=1S/C13H19N5O3/c1-3-20-12-10-11(16-13(14-2)17-12)18(7-15-10)9-5-4-8(6-19)21-9/h7-9,19H,3-6H2,1-2H3,(H,14,16,17). The lowest BCUT2D eigenvalue weighted by Gasteiger charge is -2.14. The Balaban J connectivity index is 2.02. The fourth-order valence-corrected chi connectivity index (χ4v) is 2.48. The Morgan fingerprint density at radius 1 is 1.48 bits per heavy atom. The zero-order valence-corrected chi connectivity index (χ0v) is 12.1. The molecule has 2 aromatic heterocycles. The summed E-state index contributed by atoms with van der Waals surface area (Å²) in [7, 11) is 1.76. The molecular formula is C13H19N5O3. The van der Waals surface area contributed by atoms with Gasteiger partial charge in [-0.15, -0.1) is 0 Å². The summed E-state index contributed by atoms with van der Waals surface area (Å²) in [5.41, 5.74) is 1.29. The summed E-state index contributed by atoms with van der Waals surface area (Å²) < 4.78 is 13.2. The van der Waals surface area contributed by atoms with Gasteiger partial charge in [-0.3, -0.25) is 4.57 Å². The first-order valence-electron chi connectivity index (χ1n) is 7.08. The Morgan fingerprint density at radius 3 is 3.00 bits per heavy atom. The summed E-state index contributed by atoms with van der Waals surface area (Å²) >= 11 is 0. The number of anilines is 1. The number of aliphatic hydroxyl groups is 1. The normalized spacial score (nSPS) is 21.9. The van der Waals surface area contributed by atoms with Crippen LogP contribution in [0.3, 0.4) is 0 Å². The number of ether oxygens (including phenoxy) is 2. The van der Waals surface area contributed by atoms with Crippen molar-refractivity contribution in [2.45, 2.75) is 32.1 Å². The summed E-state index contributed by atoms with van der Waals surface area (Å²) in [5, 5.41) is 12.1. The first kappa shape index (κ1) is 14.0. The minimum Gasteiger partial charge on any atom is -0.476 e. The van der Waals surface area contributed by atoms with E-state index in [0.717, 1.165) is 12.8 Å². The Kier molecular flexibility index (Phi) is 3.89. The van der Waals surface area contributed by atoms with Crippen molar-refractivity contribution in [1.29, 1.82) is 0 Å². The maximum absolute atomic E-state index is 9.19. The van der Waals surface area contributed by atoms with Crippen LogP contribution in [0.5, 0.6) is 5.88 Å². The smallest absolute Gasteiger partial charge is 0.247 e. The highest BCUT2D eigenvalue weighted by molar-refractivity contribution is 5.77. The van der Waals surface area contributed by atoms with Gasteiger partial charge in [0.15, 0.2) is 11.2 Å². The van der Waals surface area contributed by atoms with E-state index >= 15 is 0 Å². The van der Waals surface area contributed by atoms with Crippen molar-refractivity contribution in [3.8, 4) is 5.88 Å². The fraction of sp³-hybridized carbons (Fsp3) is 0.615. The molecule has 0 saturated carbocycles. The quantitative estimate of drug-likeness (QED) is 0.847. The molecule has 0 bridgehead atoms. The molecule has 0 aliphatic carbocycles. The largest absolute Gasteiger partial charge is 0.476 e. The van der Waals surface area contributed by atoms with Crippen LogP contribution in [0.25, 0.3) is 11.2 Å². The van der Waals surface area contributed by atoms with Gasteiger partial charge in [-0.1, -0.05) is 0 Å². The van der Waals surface area contributed by atoms with Gasteiger partial charge in [0.2, 0.25) is 11.8 Å². The molecule has 1 saturated heterocycles. The van der Waals surface area contributed by atoms with Crippen LogP contribution in [0.15, 0.2) is 6.33 Å². The molecule has 0 spiro atoms. The van der Waals surface area contributed by atoms with E-state index in [-0.39, 0.29) is 18.9 Å². The van der Waals surface area contributed by atoms with Gasteiger partial charge in [0.05, 0.1) is 25.6 Å². The lowest BCUT2D eigenvalue weighted by atomic mass is 10.2. The van der Waals surface area contributed by atoms with E-state index in [1.807, 2.05) is 11.5 Å². The van der Waals surface area contributed by atoms with E-state index < -0.39 is 0 Å². The molecule has 1 aliphatic rings. The summed E-state index contributed by atoms with van der Waals surface area (Å²) in [6, 6.07) is 0.